The van der Waals surface area contributed by atoms with Gasteiger partial charge < -0.3 is 4.72 Å². The lowest BCUT2D eigenvalue weighted by Gasteiger charge is -2.02. The highest BCUT2D eigenvalue weighted by atomic mass is 32.2. The predicted octanol–water partition coefficient (Wildman–Crippen LogP) is 2.81. The van der Waals surface area contributed by atoms with Crippen LogP contribution in [0.4, 0.5) is 15.8 Å². The first-order valence-corrected chi connectivity index (χ1v) is 4.95. The lowest BCUT2D eigenvalue weighted by molar-refractivity contribution is -0.387. The molecule has 6 heteroatoms. The molecular weight excluding hydrogens is 207 g/mol. The van der Waals surface area contributed by atoms with Gasteiger partial charge in [-0.25, -0.2) is 0 Å². The lowest BCUT2D eigenvalue weighted by Crippen LogP contribution is -1.94. The van der Waals surface area contributed by atoms with Crippen LogP contribution in [0.1, 0.15) is 6.92 Å². The van der Waals surface area contributed by atoms with E-state index in [0.29, 0.717) is 5.69 Å². The van der Waals surface area contributed by atoms with E-state index >= 15 is 0 Å². The molecule has 0 fully saturated rings. The average Bonchev–Trinajstić information content (AvgIpc) is 2.16. The van der Waals surface area contributed by atoms with Crippen molar-refractivity contribution in [2.24, 2.45) is 0 Å². The first-order chi connectivity index (χ1) is 6.65. The Balaban J connectivity index is 2.89. The maximum atomic E-state index is 12.9. The quantitative estimate of drug-likeness (QED) is 0.477. The lowest BCUT2D eigenvalue weighted by atomic mass is 10.3. The second-order valence-corrected chi connectivity index (χ2v) is 3.53. The fourth-order valence-electron chi connectivity index (χ4n) is 0.872. The number of anilines is 1. The highest BCUT2D eigenvalue weighted by Crippen LogP contribution is 2.23. The molecule has 0 heterocycles. The number of halogens is 1. The normalized spacial score (nSPS) is 9.86. The summed E-state index contributed by atoms with van der Waals surface area (Å²) in [4.78, 5) is 9.64. The Kier molecular flexibility index (Phi) is 3.70. The minimum absolute atomic E-state index is 0.508. The third-order valence-electron chi connectivity index (χ3n) is 1.48. The Hall–Kier alpha value is -1.30. The number of hydrogen-bond donors (Lipinski definition) is 1. The molecule has 1 rings (SSSR count). The van der Waals surface area contributed by atoms with Gasteiger partial charge in [0, 0.05) is 11.8 Å². The van der Waals surface area contributed by atoms with Crippen molar-refractivity contribution in [3.8, 4) is 0 Å². The smallest absolute Gasteiger partial charge is 0.306 e. The molecule has 0 bridgehead atoms. The van der Waals surface area contributed by atoms with Gasteiger partial charge in [-0.05, 0) is 12.1 Å². The largest absolute Gasteiger partial charge is 0.329 e. The van der Waals surface area contributed by atoms with Crippen LogP contribution >= 0.6 is 11.9 Å². The summed E-state index contributed by atoms with van der Waals surface area (Å²) in [7, 11) is 0. The van der Waals surface area contributed by atoms with E-state index in [-0.39, 0.29) is 0 Å². The average molecular weight is 216 g/mol. The van der Waals surface area contributed by atoms with Crippen LogP contribution < -0.4 is 4.72 Å². The van der Waals surface area contributed by atoms with Gasteiger partial charge in [-0.2, -0.15) is 4.39 Å². The van der Waals surface area contributed by atoms with Crippen molar-refractivity contribution in [2.45, 2.75) is 6.92 Å². The van der Waals surface area contributed by atoms with Crippen LogP contribution in [0.3, 0.4) is 0 Å². The van der Waals surface area contributed by atoms with E-state index in [0.717, 1.165) is 11.8 Å². The number of nitrogens with zero attached hydrogens (tertiary/aromatic N) is 1. The fraction of sp³-hybridized carbons (Fsp3) is 0.250. The Morgan fingerprint density at radius 1 is 1.64 bits per heavy atom. The SMILES string of the molecule is CCSNc1ccc(F)c([N+](=O)[O-])c1. The molecular formula is C8H9FN2O2S. The maximum Gasteiger partial charge on any atom is 0.306 e. The minimum Gasteiger partial charge on any atom is -0.329 e. The van der Waals surface area contributed by atoms with Gasteiger partial charge in [0.2, 0.25) is 5.82 Å². The molecule has 1 aromatic rings. The first-order valence-electron chi connectivity index (χ1n) is 3.97. The van der Waals surface area contributed by atoms with Crippen molar-refractivity contribution in [1.82, 2.24) is 0 Å². The molecule has 0 aliphatic carbocycles. The van der Waals surface area contributed by atoms with Crippen LogP contribution in [0.15, 0.2) is 18.2 Å². The van der Waals surface area contributed by atoms with Crippen molar-refractivity contribution in [3.05, 3.63) is 34.1 Å². The summed E-state index contributed by atoms with van der Waals surface area (Å²) in [6.45, 7) is 1.94. The van der Waals surface area contributed by atoms with E-state index in [1.807, 2.05) is 6.92 Å². The van der Waals surface area contributed by atoms with Crippen molar-refractivity contribution in [3.63, 3.8) is 0 Å². The van der Waals surface area contributed by atoms with Gasteiger partial charge in [0.05, 0.1) is 10.6 Å². The molecule has 0 saturated carbocycles. The van der Waals surface area contributed by atoms with Crippen molar-refractivity contribution >= 4 is 23.3 Å². The summed E-state index contributed by atoms with van der Waals surface area (Å²) >= 11 is 1.39. The summed E-state index contributed by atoms with van der Waals surface area (Å²) in [5.74, 6) is 0.00703. The van der Waals surface area contributed by atoms with Crippen molar-refractivity contribution in [1.29, 1.82) is 0 Å². The van der Waals surface area contributed by atoms with Gasteiger partial charge in [-0.15, -0.1) is 0 Å². The van der Waals surface area contributed by atoms with Crippen LogP contribution in [0.2, 0.25) is 0 Å². The summed E-state index contributed by atoms with van der Waals surface area (Å²) in [5.41, 5.74) is 0.0247. The molecule has 14 heavy (non-hydrogen) atoms. The molecule has 4 nitrogen and oxygen atoms in total. The molecule has 1 N–H and O–H groups in total. The third-order valence-corrected chi connectivity index (χ3v) is 2.15. The van der Waals surface area contributed by atoms with Crippen molar-refractivity contribution < 1.29 is 9.31 Å². The number of hydrogen-bond acceptors (Lipinski definition) is 4. The molecule has 0 aliphatic rings. The Labute approximate surface area is 84.8 Å². The zero-order chi connectivity index (χ0) is 10.6. The van der Waals surface area contributed by atoms with E-state index in [9.17, 15) is 14.5 Å². The second kappa shape index (κ2) is 4.80. The standard InChI is InChI=1S/C8H9FN2O2S/c1-2-14-10-6-3-4-7(9)8(5-6)11(12)13/h3-5,10H,2H2,1H3. The number of rotatable bonds is 4. The number of nitro benzene ring substituents is 1. The molecule has 0 aromatic heterocycles. The number of benzene rings is 1. The van der Waals surface area contributed by atoms with E-state index in [2.05, 4.69) is 4.72 Å². The topological polar surface area (TPSA) is 55.2 Å². The van der Waals surface area contributed by atoms with Gasteiger partial charge in [0.15, 0.2) is 0 Å². The molecule has 76 valence electrons. The summed E-state index contributed by atoms with van der Waals surface area (Å²) in [5, 5.41) is 10.4. The maximum absolute atomic E-state index is 12.9. The summed E-state index contributed by atoms with van der Waals surface area (Å²) < 4.78 is 15.7. The number of nitro groups is 1. The summed E-state index contributed by atoms with van der Waals surface area (Å²) in [6.07, 6.45) is 0. The molecule has 0 saturated heterocycles. The minimum atomic E-state index is -0.818. The molecule has 0 spiro atoms. The van der Waals surface area contributed by atoms with E-state index < -0.39 is 16.4 Å². The van der Waals surface area contributed by atoms with Crippen molar-refractivity contribution in [2.75, 3.05) is 10.5 Å². The molecule has 0 aliphatic heterocycles. The Morgan fingerprint density at radius 3 is 2.93 bits per heavy atom. The zero-order valence-corrected chi connectivity index (χ0v) is 8.31. The molecule has 1 aromatic carbocycles. The van der Waals surface area contributed by atoms with Gasteiger partial charge >= 0.3 is 5.69 Å². The van der Waals surface area contributed by atoms with E-state index in [1.165, 1.54) is 24.1 Å². The van der Waals surface area contributed by atoms with Gasteiger partial charge in [0.25, 0.3) is 0 Å². The molecule has 0 amide bonds. The van der Waals surface area contributed by atoms with Gasteiger partial charge in [0.1, 0.15) is 0 Å². The highest BCUT2D eigenvalue weighted by molar-refractivity contribution is 8.00. The molecule has 0 atom stereocenters. The second-order valence-electron chi connectivity index (χ2n) is 2.46. The zero-order valence-electron chi connectivity index (χ0n) is 7.49. The van der Waals surface area contributed by atoms with Gasteiger partial charge in [-0.3, -0.25) is 10.1 Å². The predicted molar refractivity (Wildman–Crippen MR) is 54.8 cm³/mol. The van der Waals surface area contributed by atoms with Gasteiger partial charge in [-0.1, -0.05) is 18.9 Å². The summed E-state index contributed by atoms with van der Waals surface area (Å²) in [6, 6.07) is 3.72. The van der Waals surface area contributed by atoms with E-state index in [1.54, 1.807) is 0 Å². The number of nitrogens with one attached hydrogen (secondary N) is 1. The van der Waals surface area contributed by atoms with Crippen LogP contribution in [-0.4, -0.2) is 10.7 Å². The van der Waals surface area contributed by atoms with Crippen LogP contribution in [-0.2, 0) is 0 Å². The molecule has 0 unspecified atom stereocenters. The highest BCUT2D eigenvalue weighted by Gasteiger charge is 2.13. The van der Waals surface area contributed by atoms with Crippen LogP contribution in [0, 0.1) is 15.9 Å². The molecule has 0 radical (unpaired) electrons. The third kappa shape index (κ3) is 2.59. The van der Waals surface area contributed by atoms with Crippen LogP contribution in [0.25, 0.3) is 0 Å². The monoisotopic (exact) mass is 216 g/mol. The Morgan fingerprint density at radius 2 is 2.36 bits per heavy atom. The van der Waals surface area contributed by atoms with E-state index in [4.69, 9.17) is 0 Å². The first kappa shape index (κ1) is 10.8. The Bertz CT molecular complexity index is 346. The van der Waals surface area contributed by atoms with Crippen LogP contribution in [0.5, 0.6) is 0 Å². The fourth-order valence-corrected chi connectivity index (χ4v) is 1.31.